The molecule has 0 aromatic rings. The Hall–Kier alpha value is -0.386. The van der Waals surface area contributed by atoms with Gasteiger partial charge in [-0.15, -0.1) is 6.58 Å². The Morgan fingerprint density at radius 3 is 2.03 bits per heavy atom. The molecule has 5 heteroatoms. The SMILES string of the molecule is C=CC1(O)C(CC)[C@H]2[C@H](C#C[C@@H](O[Si](C)(C)C(C)(C)C)C3CCCC3)[C@@H](O[Si](C)(C)C(C)(C)C)CC[C@H]21. The standard InChI is InChI=1S/C32H58O3Si2/c1-13-25-29-24(19-21-27(23-17-15-16-18-23)34-36(9,10)30(3,4)5)28(35-37(11,12)31(6,7)8)22-20-26(29)32(25,33)14-2/h14,23-29,33H,2,13,15-18,20,22H2,1,3-12H3/t24-,25?,26-,27-,28+,29-,32?/m1/s1. The second kappa shape index (κ2) is 10.9. The van der Waals surface area contributed by atoms with Crippen molar-refractivity contribution in [2.75, 3.05) is 0 Å². The van der Waals surface area contributed by atoms with Crippen molar-refractivity contribution >= 4 is 16.6 Å². The molecule has 0 aromatic heterocycles. The normalized spacial score (nSPS) is 34.2. The van der Waals surface area contributed by atoms with Crippen molar-refractivity contribution in [2.24, 2.45) is 29.6 Å². The molecule has 3 saturated carbocycles. The molecular weight excluding hydrogens is 489 g/mol. The average Bonchev–Trinajstić information content (AvgIpc) is 3.30. The van der Waals surface area contributed by atoms with Crippen LogP contribution >= 0.6 is 0 Å². The number of hydrogen-bond donors (Lipinski definition) is 1. The summed E-state index contributed by atoms with van der Waals surface area (Å²) in [4.78, 5) is 0. The van der Waals surface area contributed by atoms with Gasteiger partial charge in [0.15, 0.2) is 16.6 Å². The topological polar surface area (TPSA) is 38.7 Å². The Bertz CT molecular complexity index is 857. The molecule has 3 fully saturated rings. The van der Waals surface area contributed by atoms with Crippen LogP contribution in [0.4, 0.5) is 0 Å². The van der Waals surface area contributed by atoms with Crippen LogP contribution in [-0.4, -0.2) is 39.6 Å². The third kappa shape index (κ3) is 6.04. The van der Waals surface area contributed by atoms with Gasteiger partial charge in [-0.1, -0.05) is 79.2 Å². The molecule has 7 atom stereocenters. The molecule has 0 saturated heterocycles. The van der Waals surface area contributed by atoms with Crippen molar-refractivity contribution in [3.05, 3.63) is 12.7 Å². The van der Waals surface area contributed by atoms with Crippen LogP contribution in [0.15, 0.2) is 12.7 Å². The van der Waals surface area contributed by atoms with Crippen molar-refractivity contribution in [3.63, 3.8) is 0 Å². The Balaban J connectivity index is 1.99. The van der Waals surface area contributed by atoms with Crippen molar-refractivity contribution in [1.82, 2.24) is 0 Å². The van der Waals surface area contributed by atoms with Crippen molar-refractivity contribution in [2.45, 2.75) is 147 Å². The van der Waals surface area contributed by atoms with Gasteiger partial charge in [0, 0.05) is 5.92 Å². The summed E-state index contributed by atoms with van der Waals surface area (Å²) in [5, 5.41) is 11.8. The molecule has 0 heterocycles. The van der Waals surface area contributed by atoms with Gasteiger partial charge in [-0.3, -0.25) is 0 Å². The predicted molar refractivity (Wildman–Crippen MR) is 163 cm³/mol. The highest BCUT2D eigenvalue weighted by molar-refractivity contribution is 6.74. The summed E-state index contributed by atoms with van der Waals surface area (Å²) in [6.07, 6.45) is 9.91. The van der Waals surface area contributed by atoms with Crippen LogP contribution < -0.4 is 0 Å². The zero-order valence-electron chi connectivity index (χ0n) is 26.0. The third-order valence-corrected chi connectivity index (χ3v) is 20.1. The molecular formula is C32H58O3Si2. The van der Waals surface area contributed by atoms with E-state index in [0.717, 1.165) is 19.3 Å². The summed E-state index contributed by atoms with van der Waals surface area (Å²) in [6.45, 7) is 29.6. The van der Waals surface area contributed by atoms with Crippen LogP contribution in [0.5, 0.6) is 0 Å². The molecule has 3 nitrogen and oxygen atoms in total. The van der Waals surface area contributed by atoms with E-state index in [2.05, 4.69) is 93.1 Å². The Morgan fingerprint density at radius 2 is 1.54 bits per heavy atom. The molecule has 0 aliphatic heterocycles. The summed E-state index contributed by atoms with van der Waals surface area (Å²) in [7, 11) is -3.91. The summed E-state index contributed by atoms with van der Waals surface area (Å²) in [6, 6.07) is 0. The molecule has 37 heavy (non-hydrogen) atoms. The van der Waals surface area contributed by atoms with E-state index >= 15 is 0 Å². The van der Waals surface area contributed by atoms with E-state index in [1.165, 1.54) is 25.7 Å². The molecule has 0 amide bonds. The number of rotatable bonds is 7. The molecule has 3 aliphatic rings. The Kier molecular flexibility index (Phi) is 9.16. The lowest BCUT2D eigenvalue weighted by atomic mass is 9.45. The van der Waals surface area contributed by atoms with Crippen LogP contribution in [0.1, 0.15) is 93.4 Å². The van der Waals surface area contributed by atoms with Crippen LogP contribution in [-0.2, 0) is 8.85 Å². The summed E-state index contributed by atoms with van der Waals surface area (Å²) >= 11 is 0. The minimum Gasteiger partial charge on any atom is -0.413 e. The monoisotopic (exact) mass is 546 g/mol. The van der Waals surface area contributed by atoms with Gasteiger partial charge < -0.3 is 14.0 Å². The maximum absolute atomic E-state index is 11.5. The molecule has 0 aromatic carbocycles. The molecule has 0 bridgehead atoms. The lowest BCUT2D eigenvalue weighted by Crippen LogP contribution is -2.67. The largest absolute Gasteiger partial charge is 0.413 e. The molecule has 212 valence electrons. The van der Waals surface area contributed by atoms with Crippen LogP contribution in [0.2, 0.25) is 36.3 Å². The highest BCUT2D eigenvalue weighted by Gasteiger charge is 2.63. The average molecular weight is 547 g/mol. The van der Waals surface area contributed by atoms with Gasteiger partial charge in [-0.2, -0.15) is 0 Å². The van der Waals surface area contributed by atoms with Gasteiger partial charge in [-0.25, -0.2) is 0 Å². The maximum Gasteiger partial charge on any atom is 0.193 e. The second-order valence-corrected chi connectivity index (χ2v) is 25.0. The first kappa shape index (κ1) is 31.1. The smallest absolute Gasteiger partial charge is 0.193 e. The molecule has 2 unspecified atom stereocenters. The van der Waals surface area contributed by atoms with E-state index in [1.807, 2.05) is 6.08 Å². The van der Waals surface area contributed by atoms with Gasteiger partial charge in [0.05, 0.1) is 11.7 Å². The maximum atomic E-state index is 11.5. The van der Waals surface area contributed by atoms with E-state index < -0.39 is 22.2 Å². The minimum absolute atomic E-state index is 0.00994. The van der Waals surface area contributed by atoms with E-state index in [4.69, 9.17) is 8.85 Å². The fourth-order valence-corrected chi connectivity index (χ4v) is 9.32. The fraction of sp³-hybridized carbons (Fsp3) is 0.875. The van der Waals surface area contributed by atoms with Crippen molar-refractivity contribution < 1.29 is 14.0 Å². The lowest BCUT2D eigenvalue weighted by Gasteiger charge is -2.63. The first-order valence-electron chi connectivity index (χ1n) is 15.1. The van der Waals surface area contributed by atoms with Crippen LogP contribution in [0.3, 0.4) is 0 Å². The molecule has 3 rings (SSSR count). The van der Waals surface area contributed by atoms with Crippen molar-refractivity contribution in [3.8, 4) is 11.8 Å². The van der Waals surface area contributed by atoms with Gasteiger partial charge in [0.1, 0.15) is 6.10 Å². The predicted octanol–water partition coefficient (Wildman–Crippen LogP) is 8.56. The van der Waals surface area contributed by atoms with Gasteiger partial charge in [0.2, 0.25) is 0 Å². The summed E-state index contributed by atoms with van der Waals surface area (Å²) in [5.74, 6) is 9.11. The Morgan fingerprint density at radius 1 is 0.973 bits per heavy atom. The second-order valence-electron chi connectivity index (χ2n) is 15.4. The van der Waals surface area contributed by atoms with Crippen molar-refractivity contribution in [1.29, 1.82) is 0 Å². The summed E-state index contributed by atoms with van der Waals surface area (Å²) in [5.41, 5.74) is -0.760. The van der Waals surface area contributed by atoms with Crippen LogP contribution in [0.25, 0.3) is 0 Å². The van der Waals surface area contributed by atoms with Gasteiger partial charge in [-0.05, 0) is 92.0 Å². The fourth-order valence-electron chi connectivity index (χ4n) is 6.70. The van der Waals surface area contributed by atoms with E-state index in [1.54, 1.807) is 0 Å². The summed E-state index contributed by atoms with van der Waals surface area (Å²) < 4.78 is 14.1. The first-order valence-corrected chi connectivity index (χ1v) is 20.9. The first-order chi connectivity index (χ1) is 16.9. The number of fused-ring (bicyclic) bond motifs is 1. The van der Waals surface area contributed by atoms with Crippen LogP contribution in [0, 0.1) is 41.4 Å². The van der Waals surface area contributed by atoms with E-state index in [9.17, 15) is 5.11 Å². The molecule has 0 spiro atoms. The zero-order chi connectivity index (χ0) is 28.0. The molecule has 3 aliphatic carbocycles. The lowest BCUT2D eigenvalue weighted by molar-refractivity contribution is -0.206. The highest BCUT2D eigenvalue weighted by Crippen LogP contribution is 2.60. The number of hydrogen-bond acceptors (Lipinski definition) is 3. The van der Waals surface area contributed by atoms with Gasteiger partial charge >= 0.3 is 0 Å². The Labute approximate surface area is 231 Å². The van der Waals surface area contributed by atoms with Gasteiger partial charge in [0.25, 0.3) is 0 Å². The highest BCUT2D eigenvalue weighted by atomic mass is 28.4. The number of aliphatic hydroxyl groups is 1. The quantitative estimate of drug-likeness (QED) is 0.197. The third-order valence-electron chi connectivity index (χ3n) is 11.2. The molecule has 0 radical (unpaired) electrons. The molecule has 1 N–H and O–H groups in total. The zero-order valence-corrected chi connectivity index (χ0v) is 28.0. The van der Waals surface area contributed by atoms with E-state index in [0.29, 0.717) is 11.8 Å². The minimum atomic E-state index is -1.96. The van der Waals surface area contributed by atoms with E-state index in [-0.39, 0.29) is 40.0 Å².